The third kappa shape index (κ3) is 1.81. The van der Waals surface area contributed by atoms with Crippen molar-refractivity contribution < 1.29 is 4.42 Å². The average Bonchev–Trinajstić information content (AvgIpc) is 2.82. The summed E-state index contributed by atoms with van der Waals surface area (Å²) in [6.45, 7) is 0.507. The van der Waals surface area contributed by atoms with E-state index in [1.54, 1.807) is 6.20 Å². The van der Waals surface area contributed by atoms with Crippen LogP contribution in [0.4, 0.5) is 0 Å². The van der Waals surface area contributed by atoms with Crippen molar-refractivity contribution in [3.05, 3.63) is 54.2 Å². The fraction of sp³-hybridized carbons (Fsp3) is 0.0714. The van der Waals surface area contributed by atoms with Gasteiger partial charge in [-0.05, 0) is 23.8 Å². The van der Waals surface area contributed by atoms with Crippen LogP contribution in [0.5, 0.6) is 0 Å². The van der Waals surface area contributed by atoms with E-state index >= 15 is 0 Å². The number of benzene rings is 1. The van der Waals surface area contributed by atoms with Crippen LogP contribution in [0.2, 0.25) is 0 Å². The van der Waals surface area contributed by atoms with Crippen LogP contribution in [0.1, 0.15) is 5.56 Å². The molecule has 1 aromatic carbocycles. The van der Waals surface area contributed by atoms with E-state index in [1.807, 2.05) is 42.5 Å². The van der Waals surface area contributed by atoms with Crippen molar-refractivity contribution in [1.82, 2.24) is 4.98 Å². The van der Waals surface area contributed by atoms with Crippen LogP contribution in [-0.2, 0) is 6.54 Å². The van der Waals surface area contributed by atoms with Crippen LogP contribution < -0.4 is 5.73 Å². The highest BCUT2D eigenvalue weighted by Crippen LogP contribution is 2.26. The van der Waals surface area contributed by atoms with Crippen molar-refractivity contribution in [3.63, 3.8) is 0 Å². The molecule has 0 atom stereocenters. The summed E-state index contributed by atoms with van der Waals surface area (Å²) in [6, 6.07) is 13.8. The zero-order valence-electron chi connectivity index (χ0n) is 9.26. The van der Waals surface area contributed by atoms with Gasteiger partial charge in [0.1, 0.15) is 11.3 Å². The lowest BCUT2D eigenvalue weighted by Crippen LogP contribution is -1.96. The van der Waals surface area contributed by atoms with E-state index in [1.165, 1.54) is 0 Å². The van der Waals surface area contributed by atoms with Crippen LogP contribution >= 0.6 is 0 Å². The Morgan fingerprint density at radius 2 is 2.00 bits per heavy atom. The van der Waals surface area contributed by atoms with Crippen molar-refractivity contribution >= 4 is 11.0 Å². The van der Waals surface area contributed by atoms with E-state index in [9.17, 15) is 0 Å². The Bertz CT molecular complexity index is 608. The Kier molecular flexibility index (Phi) is 2.38. The Morgan fingerprint density at radius 1 is 1.12 bits per heavy atom. The lowest BCUT2D eigenvalue weighted by Gasteiger charge is -1.97. The van der Waals surface area contributed by atoms with Gasteiger partial charge in [-0.1, -0.05) is 24.3 Å². The van der Waals surface area contributed by atoms with Gasteiger partial charge >= 0.3 is 0 Å². The van der Waals surface area contributed by atoms with Crippen molar-refractivity contribution in [3.8, 4) is 11.5 Å². The average molecular weight is 224 g/mol. The fourth-order valence-corrected chi connectivity index (χ4v) is 1.80. The van der Waals surface area contributed by atoms with Crippen LogP contribution in [0, 0.1) is 0 Å². The minimum atomic E-state index is 0.507. The normalized spacial score (nSPS) is 10.9. The van der Waals surface area contributed by atoms with Crippen molar-refractivity contribution in [2.45, 2.75) is 6.54 Å². The van der Waals surface area contributed by atoms with Crippen LogP contribution in [0.15, 0.2) is 53.1 Å². The molecule has 0 saturated carbocycles. The second-order valence-electron chi connectivity index (χ2n) is 3.90. The Balaban J connectivity index is 2.07. The van der Waals surface area contributed by atoms with Crippen molar-refractivity contribution in [2.24, 2.45) is 5.73 Å². The Hall–Kier alpha value is -2.13. The number of furan rings is 1. The van der Waals surface area contributed by atoms with Gasteiger partial charge in [0.2, 0.25) is 0 Å². The molecule has 0 fully saturated rings. The lowest BCUT2D eigenvalue weighted by molar-refractivity contribution is 0.628. The summed E-state index contributed by atoms with van der Waals surface area (Å²) in [7, 11) is 0. The number of pyridine rings is 1. The monoisotopic (exact) mass is 224 g/mol. The smallest absolute Gasteiger partial charge is 0.153 e. The molecule has 3 heteroatoms. The van der Waals surface area contributed by atoms with Gasteiger partial charge in [-0.2, -0.15) is 0 Å². The van der Waals surface area contributed by atoms with Crippen LogP contribution in [-0.4, -0.2) is 4.98 Å². The molecule has 3 aromatic rings. The summed E-state index contributed by atoms with van der Waals surface area (Å²) in [5, 5.41) is 1.09. The molecule has 0 bridgehead atoms. The number of hydrogen-bond acceptors (Lipinski definition) is 3. The predicted octanol–water partition coefficient (Wildman–Crippen LogP) is 2.95. The minimum Gasteiger partial charge on any atom is -0.454 e. The number of nitrogens with zero attached hydrogens (tertiary/aromatic N) is 1. The van der Waals surface area contributed by atoms with Gasteiger partial charge in [0.25, 0.3) is 0 Å². The van der Waals surface area contributed by atoms with Gasteiger partial charge in [0, 0.05) is 18.1 Å². The third-order valence-corrected chi connectivity index (χ3v) is 2.74. The van der Waals surface area contributed by atoms with Gasteiger partial charge in [0.05, 0.1) is 0 Å². The van der Waals surface area contributed by atoms with Gasteiger partial charge in [0.15, 0.2) is 5.76 Å². The number of rotatable bonds is 2. The number of hydrogen-bond donors (Lipinski definition) is 1. The van der Waals surface area contributed by atoms with E-state index < -0.39 is 0 Å². The number of para-hydroxylation sites is 1. The maximum atomic E-state index is 5.73. The zero-order valence-corrected chi connectivity index (χ0v) is 9.26. The molecule has 2 aromatic heterocycles. The van der Waals surface area contributed by atoms with Crippen LogP contribution in [0.3, 0.4) is 0 Å². The van der Waals surface area contributed by atoms with Gasteiger partial charge in [-0.3, -0.25) is 4.98 Å². The molecule has 2 heterocycles. The summed E-state index contributed by atoms with van der Waals surface area (Å²) >= 11 is 0. The Morgan fingerprint density at radius 3 is 2.71 bits per heavy atom. The second-order valence-corrected chi connectivity index (χ2v) is 3.90. The predicted molar refractivity (Wildman–Crippen MR) is 67.3 cm³/mol. The van der Waals surface area contributed by atoms with Gasteiger partial charge < -0.3 is 10.2 Å². The topological polar surface area (TPSA) is 52.0 Å². The standard InChI is InChI=1S/C14H12N2O/c15-8-10-5-6-12(16-9-10)14-7-11-3-1-2-4-13(11)17-14/h1-7,9H,8,15H2. The minimum absolute atomic E-state index is 0.507. The SMILES string of the molecule is NCc1ccc(-c2cc3ccccc3o2)nc1. The molecule has 17 heavy (non-hydrogen) atoms. The van der Waals surface area contributed by atoms with Gasteiger partial charge in [-0.15, -0.1) is 0 Å². The summed E-state index contributed by atoms with van der Waals surface area (Å²) < 4.78 is 5.73. The van der Waals surface area contributed by atoms with E-state index in [4.69, 9.17) is 10.2 Å². The van der Waals surface area contributed by atoms with Crippen molar-refractivity contribution in [1.29, 1.82) is 0 Å². The molecular formula is C14H12N2O. The lowest BCUT2D eigenvalue weighted by atomic mass is 10.2. The van der Waals surface area contributed by atoms with Gasteiger partial charge in [-0.25, -0.2) is 0 Å². The van der Waals surface area contributed by atoms with E-state index in [0.717, 1.165) is 28.0 Å². The second kappa shape index (κ2) is 4.03. The third-order valence-electron chi connectivity index (χ3n) is 2.74. The fourth-order valence-electron chi connectivity index (χ4n) is 1.80. The molecule has 3 rings (SSSR count). The summed E-state index contributed by atoms with van der Waals surface area (Å²) in [5.74, 6) is 0.787. The molecular weight excluding hydrogens is 212 g/mol. The number of fused-ring (bicyclic) bond motifs is 1. The highest BCUT2D eigenvalue weighted by Gasteiger charge is 2.06. The first-order valence-electron chi connectivity index (χ1n) is 5.51. The zero-order chi connectivity index (χ0) is 11.7. The first kappa shape index (κ1) is 10.1. The largest absolute Gasteiger partial charge is 0.454 e. The maximum Gasteiger partial charge on any atom is 0.153 e. The molecule has 0 aliphatic heterocycles. The van der Waals surface area contributed by atoms with E-state index in [0.29, 0.717) is 6.54 Å². The molecule has 2 N–H and O–H groups in total. The maximum absolute atomic E-state index is 5.73. The quantitative estimate of drug-likeness (QED) is 0.728. The van der Waals surface area contributed by atoms with Crippen LogP contribution in [0.25, 0.3) is 22.4 Å². The first-order valence-corrected chi connectivity index (χ1v) is 5.51. The molecule has 0 spiro atoms. The Labute approximate surface area is 98.9 Å². The molecule has 0 aliphatic carbocycles. The first-order chi connectivity index (χ1) is 8.36. The molecule has 0 aliphatic rings. The summed E-state index contributed by atoms with van der Waals surface area (Å²) in [6.07, 6.45) is 1.78. The highest BCUT2D eigenvalue weighted by molar-refractivity contribution is 5.81. The molecule has 0 radical (unpaired) electrons. The molecule has 3 nitrogen and oxygen atoms in total. The highest BCUT2D eigenvalue weighted by atomic mass is 16.3. The molecule has 0 saturated heterocycles. The molecule has 0 unspecified atom stereocenters. The molecule has 84 valence electrons. The van der Waals surface area contributed by atoms with Crippen molar-refractivity contribution in [2.75, 3.05) is 0 Å². The summed E-state index contributed by atoms with van der Waals surface area (Å²) in [5.41, 5.74) is 8.27. The number of aromatic nitrogens is 1. The molecule has 0 amide bonds. The van der Waals surface area contributed by atoms with E-state index in [-0.39, 0.29) is 0 Å². The summed E-state index contributed by atoms with van der Waals surface area (Å²) in [4.78, 5) is 4.34. The number of nitrogens with two attached hydrogens (primary N) is 1. The van der Waals surface area contributed by atoms with E-state index in [2.05, 4.69) is 4.98 Å².